The number of nitrogens with one attached hydrogen (secondary N) is 1. The SMILES string of the molecule is CC(C)CN(CC(=O)Nc1ccncc1)CC(O)c1ccc(F)cc1. The van der Waals surface area contributed by atoms with Crippen LogP contribution < -0.4 is 5.32 Å². The maximum absolute atomic E-state index is 13.0. The lowest BCUT2D eigenvalue weighted by Crippen LogP contribution is -2.38. The summed E-state index contributed by atoms with van der Waals surface area (Å²) < 4.78 is 13.0. The number of pyridine rings is 1. The average molecular weight is 345 g/mol. The first-order valence-electron chi connectivity index (χ1n) is 8.30. The Morgan fingerprint density at radius 1 is 1.16 bits per heavy atom. The van der Waals surface area contributed by atoms with Crippen molar-refractivity contribution in [3.63, 3.8) is 0 Å². The first kappa shape index (κ1) is 19.0. The topological polar surface area (TPSA) is 65.5 Å². The van der Waals surface area contributed by atoms with Gasteiger partial charge in [0, 0.05) is 31.2 Å². The minimum atomic E-state index is -0.784. The van der Waals surface area contributed by atoms with Crippen LogP contribution >= 0.6 is 0 Å². The molecule has 0 bridgehead atoms. The molecule has 1 atom stereocenters. The molecule has 0 saturated carbocycles. The fourth-order valence-electron chi connectivity index (χ4n) is 2.59. The Morgan fingerprint density at radius 3 is 2.40 bits per heavy atom. The molecular formula is C19H24FN3O2. The van der Waals surface area contributed by atoms with Gasteiger partial charge in [-0.15, -0.1) is 0 Å². The van der Waals surface area contributed by atoms with E-state index in [0.717, 1.165) is 0 Å². The van der Waals surface area contributed by atoms with Gasteiger partial charge in [-0.3, -0.25) is 14.7 Å². The Bertz CT molecular complexity index is 662. The molecule has 1 amide bonds. The predicted octanol–water partition coefficient (Wildman–Crippen LogP) is 2.85. The third kappa shape index (κ3) is 6.60. The number of benzene rings is 1. The summed E-state index contributed by atoms with van der Waals surface area (Å²) >= 11 is 0. The Labute approximate surface area is 147 Å². The van der Waals surface area contributed by atoms with E-state index in [9.17, 15) is 14.3 Å². The van der Waals surface area contributed by atoms with E-state index in [0.29, 0.717) is 30.3 Å². The number of aliphatic hydroxyl groups is 1. The van der Waals surface area contributed by atoms with Gasteiger partial charge in [0.1, 0.15) is 5.82 Å². The zero-order chi connectivity index (χ0) is 18.2. The van der Waals surface area contributed by atoms with Crippen LogP contribution in [0.5, 0.6) is 0 Å². The molecule has 0 aliphatic rings. The van der Waals surface area contributed by atoms with Crippen LogP contribution in [0.4, 0.5) is 10.1 Å². The molecule has 5 nitrogen and oxygen atoms in total. The molecule has 1 aromatic heterocycles. The molecule has 6 heteroatoms. The van der Waals surface area contributed by atoms with E-state index in [1.165, 1.54) is 12.1 Å². The number of amides is 1. The van der Waals surface area contributed by atoms with Crippen LogP contribution in [0.3, 0.4) is 0 Å². The molecule has 0 radical (unpaired) electrons. The second-order valence-corrected chi connectivity index (χ2v) is 6.44. The van der Waals surface area contributed by atoms with Gasteiger partial charge < -0.3 is 10.4 Å². The van der Waals surface area contributed by atoms with Gasteiger partial charge in [-0.05, 0) is 35.7 Å². The van der Waals surface area contributed by atoms with Gasteiger partial charge in [-0.2, -0.15) is 0 Å². The number of carbonyl (C=O) groups excluding carboxylic acids is 1. The lowest BCUT2D eigenvalue weighted by Gasteiger charge is -2.26. The monoisotopic (exact) mass is 345 g/mol. The molecule has 2 aromatic rings. The highest BCUT2D eigenvalue weighted by molar-refractivity contribution is 5.92. The number of nitrogens with zero attached hydrogens (tertiary/aromatic N) is 2. The smallest absolute Gasteiger partial charge is 0.238 e. The molecule has 1 heterocycles. The zero-order valence-corrected chi connectivity index (χ0v) is 14.5. The Balaban J connectivity index is 1.97. The maximum Gasteiger partial charge on any atom is 0.238 e. The van der Waals surface area contributed by atoms with Crippen LogP contribution in [0.2, 0.25) is 0 Å². The number of aromatic nitrogens is 1. The summed E-state index contributed by atoms with van der Waals surface area (Å²) in [6.07, 6.45) is 2.44. The van der Waals surface area contributed by atoms with Gasteiger partial charge >= 0.3 is 0 Å². The van der Waals surface area contributed by atoms with Gasteiger partial charge in [0.05, 0.1) is 12.6 Å². The summed E-state index contributed by atoms with van der Waals surface area (Å²) in [6.45, 7) is 5.24. The van der Waals surface area contributed by atoms with Crippen molar-refractivity contribution in [1.29, 1.82) is 0 Å². The standard InChI is InChI=1S/C19H24FN3O2/c1-14(2)11-23(12-18(24)15-3-5-16(20)6-4-15)13-19(25)22-17-7-9-21-10-8-17/h3-10,14,18,24H,11-13H2,1-2H3,(H,21,22,25). The van der Waals surface area contributed by atoms with Crippen molar-refractivity contribution >= 4 is 11.6 Å². The molecular weight excluding hydrogens is 321 g/mol. The van der Waals surface area contributed by atoms with Crippen LogP contribution in [0.15, 0.2) is 48.8 Å². The van der Waals surface area contributed by atoms with E-state index in [1.807, 2.05) is 4.90 Å². The number of aliphatic hydroxyl groups excluding tert-OH is 1. The van der Waals surface area contributed by atoms with Crippen LogP contribution in [-0.4, -0.2) is 40.5 Å². The number of hydrogen-bond donors (Lipinski definition) is 2. The molecule has 134 valence electrons. The van der Waals surface area contributed by atoms with Crippen LogP contribution in [-0.2, 0) is 4.79 Å². The second kappa shape index (κ2) is 9.25. The van der Waals surface area contributed by atoms with E-state index in [2.05, 4.69) is 24.1 Å². The molecule has 1 unspecified atom stereocenters. The molecule has 1 aromatic carbocycles. The molecule has 0 fully saturated rings. The fourth-order valence-corrected chi connectivity index (χ4v) is 2.59. The van der Waals surface area contributed by atoms with E-state index in [-0.39, 0.29) is 18.3 Å². The summed E-state index contributed by atoms with van der Waals surface area (Å²) in [5.74, 6) is -0.154. The first-order chi connectivity index (χ1) is 11.9. The second-order valence-electron chi connectivity index (χ2n) is 6.44. The van der Waals surface area contributed by atoms with E-state index < -0.39 is 6.10 Å². The minimum absolute atomic E-state index is 0.154. The Hall–Kier alpha value is -2.31. The van der Waals surface area contributed by atoms with Gasteiger partial charge in [0.15, 0.2) is 0 Å². The van der Waals surface area contributed by atoms with Gasteiger partial charge in [0.2, 0.25) is 5.91 Å². The molecule has 0 aliphatic heterocycles. The Kier molecular flexibility index (Phi) is 7.03. The fraction of sp³-hybridized carbons (Fsp3) is 0.368. The Morgan fingerprint density at radius 2 is 1.80 bits per heavy atom. The van der Waals surface area contributed by atoms with E-state index in [1.54, 1.807) is 36.7 Å². The molecule has 0 saturated heterocycles. The van der Waals surface area contributed by atoms with Crippen LogP contribution in [0.25, 0.3) is 0 Å². The molecule has 2 rings (SSSR count). The number of rotatable bonds is 8. The quantitative estimate of drug-likeness (QED) is 0.772. The van der Waals surface area contributed by atoms with Crippen molar-refractivity contribution in [2.24, 2.45) is 5.92 Å². The summed E-state index contributed by atoms with van der Waals surface area (Å²) in [5.41, 5.74) is 1.31. The van der Waals surface area contributed by atoms with Crippen LogP contribution in [0.1, 0.15) is 25.5 Å². The third-order valence-corrected chi connectivity index (χ3v) is 3.64. The minimum Gasteiger partial charge on any atom is -0.387 e. The summed E-state index contributed by atoms with van der Waals surface area (Å²) in [7, 11) is 0. The summed E-state index contributed by atoms with van der Waals surface area (Å²) in [6, 6.07) is 9.20. The summed E-state index contributed by atoms with van der Waals surface area (Å²) in [4.78, 5) is 18.1. The van der Waals surface area contributed by atoms with E-state index in [4.69, 9.17) is 0 Å². The van der Waals surface area contributed by atoms with Crippen molar-refractivity contribution < 1.29 is 14.3 Å². The molecule has 0 aliphatic carbocycles. The number of hydrogen-bond acceptors (Lipinski definition) is 4. The molecule has 25 heavy (non-hydrogen) atoms. The molecule has 2 N–H and O–H groups in total. The first-order valence-corrected chi connectivity index (χ1v) is 8.30. The highest BCUT2D eigenvalue weighted by Gasteiger charge is 2.18. The highest BCUT2D eigenvalue weighted by atomic mass is 19.1. The van der Waals surface area contributed by atoms with Gasteiger partial charge in [-0.25, -0.2) is 4.39 Å². The molecule has 0 spiro atoms. The third-order valence-electron chi connectivity index (χ3n) is 3.64. The average Bonchev–Trinajstić information content (AvgIpc) is 2.55. The number of anilines is 1. The van der Waals surface area contributed by atoms with Crippen molar-refractivity contribution in [2.75, 3.05) is 25.0 Å². The van der Waals surface area contributed by atoms with E-state index >= 15 is 0 Å². The van der Waals surface area contributed by atoms with Gasteiger partial charge in [0.25, 0.3) is 0 Å². The predicted molar refractivity (Wildman–Crippen MR) is 95.5 cm³/mol. The van der Waals surface area contributed by atoms with Crippen molar-refractivity contribution in [1.82, 2.24) is 9.88 Å². The van der Waals surface area contributed by atoms with Gasteiger partial charge in [-0.1, -0.05) is 26.0 Å². The zero-order valence-electron chi connectivity index (χ0n) is 14.5. The largest absolute Gasteiger partial charge is 0.387 e. The highest BCUT2D eigenvalue weighted by Crippen LogP contribution is 2.16. The van der Waals surface area contributed by atoms with Crippen molar-refractivity contribution in [3.05, 3.63) is 60.2 Å². The normalized spacial score (nSPS) is 12.4. The number of halogens is 1. The van der Waals surface area contributed by atoms with Crippen molar-refractivity contribution in [3.8, 4) is 0 Å². The van der Waals surface area contributed by atoms with Crippen molar-refractivity contribution in [2.45, 2.75) is 20.0 Å². The lowest BCUT2D eigenvalue weighted by molar-refractivity contribution is -0.117. The lowest BCUT2D eigenvalue weighted by atomic mass is 10.1. The van der Waals surface area contributed by atoms with Crippen LogP contribution in [0, 0.1) is 11.7 Å². The summed E-state index contributed by atoms with van der Waals surface area (Å²) in [5, 5.41) is 13.2. The number of carbonyl (C=O) groups is 1. The maximum atomic E-state index is 13.0.